The van der Waals surface area contributed by atoms with Crippen LogP contribution in [-0.4, -0.2) is 36.7 Å². The first kappa shape index (κ1) is 16.3. The molecule has 3 aromatic rings. The van der Waals surface area contributed by atoms with E-state index in [0.717, 1.165) is 5.82 Å². The molecule has 0 spiro atoms. The molecule has 1 aliphatic heterocycles. The summed E-state index contributed by atoms with van der Waals surface area (Å²) in [5.41, 5.74) is 0.518. The van der Waals surface area contributed by atoms with Crippen LogP contribution in [0.3, 0.4) is 0 Å². The minimum atomic E-state index is -0.136. The summed E-state index contributed by atoms with van der Waals surface area (Å²) in [6.45, 7) is 2.14. The van der Waals surface area contributed by atoms with Crippen molar-refractivity contribution >= 4 is 5.91 Å². The molecule has 4 rings (SSSR count). The van der Waals surface area contributed by atoms with E-state index in [0.29, 0.717) is 31.7 Å². The van der Waals surface area contributed by atoms with Crippen LogP contribution in [0.2, 0.25) is 0 Å². The van der Waals surface area contributed by atoms with Gasteiger partial charge in [-0.15, -0.1) is 0 Å². The summed E-state index contributed by atoms with van der Waals surface area (Å²) < 4.78 is 3.51. The standard InChI is InChI=1S/C19H19N5O2/c25-18-7-4-8-21-24(18)13-15-11-22-10-9-20-17(22)14-23(12-15)19(26)16-5-2-1-3-6-16/h1-10,15H,11-14H2/t15-/m0/s1. The monoisotopic (exact) mass is 349 g/mol. The fraction of sp³-hybridized carbons (Fsp3) is 0.263. The van der Waals surface area contributed by atoms with Crippen molar-refractivity contribution < 1.29 is 4.79 Å². The lowest BCUT2D eigenvalue weighted by molar-refractivity contribution is 0.0712. The smallest absolute Gasteiger partial charge is 0.266 e. The first-order valence-corrected chi connectivity index (χ1v) is 8.57. The second kappa shape index (κ2) is 6.95. The number of benzene rings is 1. The molecule has 1 aromatic carbocycles. The molecule has 7 nitrogen and oxygen atoms in total. The molecule has 7 heteroatoms. The van der Waals surface area contributed by atoms with Gasteiger partial charge in [0.05, 0.1) is 13.1 Å². The number of hydrogen-bond acceptors (Lipinski definition) is 4. The van der Waals surface area contributed by atoms with E-state index in [4.69, 9.17) is 0 Å². The second-order valence-electron chi connectivity index (χ2n) is 6.46. The molecule has 0 fully saturated rings. The molecule has 0 bridgehead atoms. The predicted molar refractivity (Wildman–Crippen MR) is 95.4 cm³/mol. The summed E-state index contributed by atoms with van der Waals surface area (Å²) in [7, 11) is 0. The van der Waals surface area contributed by atoms with Gasteiger partial charge in [-0.1, -0.05) is 18.2 Å². The number of hydrogen-bond donors (Lipinski definition) is 0. The number of imidazole rings is 1. The van der Waals surface area contributed by atoms with Crippen LogP contribution >= 0.6 is 0 Å². The Kier molecular flexibility index (Phi) is 4.35. The van der Waals surface area contributed by atoms with Gasteiger partial charge in [0, 0.05) is 49.2 Å². The van der Waals surface area contributed by atoms with Gasteiger partial charge in [-0.25, -0.2) is 9.67 Å². The lowest BCUT2D eigenvalue weighted by Gasteiger charge is -2.24. The van der Waals surface area contributed by atoms with Crippen molar-refractivity contribution in [1.29, 1.82) is 0 Å². The van der Waals surface area contributed by atoms with Gasteiger partial charge in [0.15, 0.2) is 0 Å². The van der Waals surface area contributed by atoms with E-state index in [1.165, 1.54) is 10.7 Å². The lowest BCUT2D eigenvalue weighted by Crippen LogP contribution is -2.37. The van der Waals surface area contributed by atoms with Crippen LogP contribution in [0.1, 0.15) is 16.2 Å². The molecule has 3 heterocycles. The number of carbonyl (C=O) groups excluding carboxylic acids is 1. The third-order valence-electron chi connectivity index (χ3n) is 4.59. The topological polar surface area (TPSA) is 73.0 Å². The van der Waals surface area contributed by atoms with Gasteiger partial charge < -0.3 is 9.47 Å². The molecule has 0 radical (unpaired) electrons. The average molecular weight is 349 g/mol. The van der Waals surface area contributed by atoms with Gasteiger partial charge in [0.25, 0.3) is 11.5 Å². The Balaban J connectivity index is 1.62. The molecule has 1 aliphatic rings. The summed E-state index contributed by atoms with van der Waals surface area (Å²) >= 11 is 0. The van der Waals surface area contributed by atoms with E-state index in [1.807, 2.05) is 36.5 Å². The highest BCUT2D eigenvalue weighted by Gasteiger charge is 2.26. The second-order valence-corrected chi connectivity index (χ2v) is 6.46. The Hall–Kier alpha value is -3.22. The number of nitrogens with zero attached hydrogens (tertiary/aromatic N) is 5. The minimum absolute atomic E-state index is 0.0274. The Bertz CT molecular complexity index is 963. The highest BCUT2D eigenvalue weighted by atomic mass is 16.2. The fourth-order valence-electron chi connectivity index (χ4n) is 3.34. The van der Waals surface area contributed by atoms with E-state index >= 15 is 0 Å². The molecule has 1 amide bonds. The molecule has 0 N–H and O–H groups in total. The van der Waals surface area contributed by atoms with Crippen molar-refractivity contribution in [1.82, 2.24) is 24.2 Å². The number of rotatable bonds is 3. The third-order valence-corrected chi connectivity index (χ3v) is 4.59. The molecule has 132 valence electrons. The van der Waals surface area contributed by atoms with Gasteiger partial charge >= 0.3 is 0 Å². The van der Waals surface area contributed by atoms with Crippen molar-refractivity contribution in [3.05, 3.63) is 82.8 Å². The number of fused-ring (bicyclic) bond motifs is 1. The quantitative estimate of drug-likeness (QED) is 0.717. The first-order chi connectivity index (χ1) is 12.7. The molecule has 0 unspecified atom stereocenters. The number of amides is 1. The molecule has 1 atom stereocenters. The average Bonchev–Trinajstić information content (AvgIpc) is 3.02. The molecule has 26 heavy (non-hydrogen) atoms. The third kappa shape index (κ3) is 3.28. The van der Waals surface area contributed by atoms with Crippen LogP contribution in [-0.2, 0) is 19.6 Å². The zero-order valence-corrected chi connectivity index (χ0v) is 14.2. The minimum Gasteiger partial charge on any atom is -0.333 e. The summed E-state index contributed by atoms with van der Waals surface area (Å²) in [6.07, 6.45) is 5.27. The summed E-state index contributed by atoms with van der Waals surface area (Å²) in [4.78, 5) is 31.2. The van der Waals surface area contributed by atoms with E-state index in [9.17, 15) is 9.59 Å². The Morgan fingerprint density at radius 1 is 1.08 bits per heavy atom. The Morgan fingerprint density at radius 2 is 1.92 bits per heavy atom. The molecular formula is C19H19N5O2. The first-order valence-electron chi connectivity index (χ1n) is 8.57. The van der Waals surface area contributed by atoms with E-state index in [2.05, 4.69) is 14.6 Å². The van der Waals surface area contributed by atoms with Crippen LogP contribution in [0.25, 0.3) is 0 Å². The molecular weight excluding hydrogens is 330 g/mol. The zero-order valence-electron chi connectivity index (χ0n) is 14.2. The van der Waals surface area contributed by atoms with E-state index < -0.39 is 0 Å². The number of aromatic nitrogens is 4. The zero-order chi connectivity index (χ0) is 17.9. The predicted octanol–water partition coefficient (Wildman–Crippen LogP) is 1.41. The van der Waals surface area contributed by atoms with E-state index in [1.54, 1.807) is 23.4 Å². The Morgan fingerprint density at radius 3 is 2.73 bits per heavy atom. The maximum absolute atomic E-state index is 13.0. The van der Waals surface area contributed by atoms with Crippen molar-refractivity contribution in [3.63, 3.8) is 0 Å². The van der Waals surface area contributed by atoms with Gasteiger partial charge in [0.1, 0.15) is 5.82 Å². The highest BCUT2D eigenvalue weighted by Crippen LogP contribution is 2.18. The number of carbonyl (C=O) groups is 1. The van der Waals surface area contributed by atoms with Crippen LogP contribution < -0.4 is 5.56 Å². The SMILES string of the molecule is O=C(c1ccccc1)N1Cc2nccn2C[C@H](Cn2ncccc2=O)C1. The molecule has 0 saturated heterocycles. The van der Waals surface area contributed by atoms with Crippen molar-refractivity contribution in [2.45, 2.75) is 19.6 Å². The fourth-order valence-corrected chi connectivity index (χ4v) is 3.34. The van der Waals surface area contributed by atoms with Crippen LogP contribution in [0.4, 0.5) is 0 Å². The van der Waals surface area contributed by atoms with Gasteiger partial charge in [0.2, 0.25) is 0 Å². The van der Waals surface area contributed by atoms with Crippen LogP contribution in [0, 0.1) is 5.92 Å². The maximum atomic E-state index is 13.0. The normalized spacial score (nSPS) is 16.8. The summed E-state index contributed by atoms with van der Waals surface area (Å²) in [5.74, 6) is 0.885. The van der Waals surface area contributed by atoms with Crippen LogP contribution in [0.5, 0.6) is 0 Å². The Labute approximate surface area is 150 Å². The highest BCUT2D eigenvalue weighted by molar-refractivity contribution is 5.94. The molecule has 2 aromatic heterocycles. The molecule has 0 saturated carbocycles. The van der Waals surface area contributed by atoms with Crippen molar-refractivity contribution in [3.8, 4) is 0 Å². The van der Waals surface area contributed by atoms with Crippen LogP contribution in [0.15, 0.2) is 65.8 Å². The largest absolute Gasteiger partial charge is 0.333 e. The summed E-state index contributed by atoms with van der Waals surface area (Å²) in [5, 5.41) is 4.15. The lowest BCUT2D eigenvalue weighted by atomic mass is 10.1. The van der Waals surface area contributed by atoms with Crippen molar-refractivity contribution in [2.24, 2.45) is 5.92 Å². The van der Waals surface area contributed by atoms with E-state index in [-0.39, 0.29) is 17.4 Å². The van der Waals surface area contributed by atoms with Crippen molar-refractivity contribution in [2.75, 3.05) is 6.54 Å². The summed E-state index contributed by atoms with van der Waals surface area (Å²) in [6, 6.07) is 12.4. The van der Waals surface area contributed by atoms with Gasteiger partial charge in [-0.3, -0.25) is 9.59 Å². The molecule has 0 aliphatic carbocycles. The van der Waals surface area contributed by atoms with Gasteiger partial charge in [-0.2, -0.15) is 5.10 Å². The van der Waals surface area contributed by atoms with Gasteiger partial charge in [-0.05, 0) is 18.2 Å². The maximum Gasteiger partial charge on any atom is 0.266 e.